The van der Waals surface area contributed by atoms with Gasteiger partial charge in [0.1, 0.15) is 0 Å². The number of nitrogens with zero attached hydrogens (tertiary/aromatic N) is 2. The fourth-order valence-corrected chi connectivity index (χ4v) is 3.06. The molecule has 0 bridgehead atoms. The first-order valence-corrected chi connectivity index (χ1v) is 7.29. The smallest absolute Gasteiger partial charge is 0.194 e. The van der Waals surface area contributed by atoms with E-state index < -0.39 is 0 Å². The van der Waals surface area contributed by atoms with Gasteiger partial charge in [0.2, 0.25) is 0 Å². The first kappa shape index (κ1) is 12.3. The number of halogens is 1. The molecular weight excluding hydrogens is 324 g/mol. The number of carbonyl (C=O) groups excluding carboxylic acids is 1. The Labute approximate surface area is 122 Å². The Bertz CT molecular complexity index is 732. The second kappa shape index (κ2) is 5.11. The minimum Gasteiger partial charge on any atom is -0.296 e. The van der Waals surface area contributed by atoms with E-state index in [1.165, 1.54) is 11.3 Å². The topological polar surface area (TPSA) is 34.9 Å². The van der Waals surface area contributed by atoms with E-state index in [4.69, 9.17) is 0 Å². The molecule has 0 aliphatic rings. The molecule has 0 amide bonds. The zero-order valence-electron chi connectivity index (χ0n) is 9.79. The van der Waals surface area contributed by atoms with Crippen molar-refractivity contribution in [3.05, 3.63) is 58.1 Å². The lowest BCUT2D eigenvalue weighted by Crippen LogP contribution is -1.96. The number of aldehydes is 1. The minimum absolute atomic E-state index is 0.607. The monoisotopic (exact) mass is 332 g/mol. The molecule has 0 atom stereocenters. The van der Waals surface area contributed by atoms with Crippen molar-refractivity contribution < 1.29 is 4.79 Å². The summed E-state index contributed by atoms with van der Waals surface area (Å²) in [6.07, 6.45) is 2.67. The zero-order chi connectivity index (χ0) is 13.2. The molecule has 3 nitrogen and oxygen atoms in total. The number of rotatable bonds is 3. The Balaban J connectivity index is 2.02. The molecule has 2 aromatic heterocycles. The van der Waals surface area contributed by atoms with E-state index in [0.717, 1.165) is 27.1 Å². The van der Waals surface area contributed by atoms with Gasteiger partial charge in [0.25, 0.3) is 0 Å². The molecule has 0 unspecified atom stereocenters. The third-order valence-corrected chi connectivity index (χ3v) is 4.05. The maximum Gasteiger partial charge on any atom is 0.194 e. The third-order valence-electron chi connectivity index (χ3n) is 2.72. The molecule has 5 heteroatoms. The Morgan fingerprint density at radius 2 is 2.16 bits per heavy atom. The fourth-order valence-electron chi connectivity index (χ4n) is 1.82. The SMILES string of the molecule is O=Cc1cccn1-c1nc(-c2cccc(Br)c2)cs1. The quantitative estimate of drug-likeness (QED) is 0.674. The van der Waals surface area contributed by atoms with Gasteiger partial charge in [0.05, 0.1) is 11.4 Å². The van der Waals surface area contributed by atoms with Crippen molar-refractivity contribution in [2.24, 2.45) is 0 Å². The van der Waals surface area contributed by atoms with Gasteiger partial charge in [-0.05, 0) is 24.3 Å². The van der Waals surface area contributed by atoms with Crippen LogP contribution in [0.15, 0.2) is 52.4 Å². The zero-order valence-corrected chi connectivity index (χ0v) is 12.2. The van der Waals surface area contributed by atoms with E-state index in [1.807, 2.05) is 41.9 Å². The largest absolute Gasteiger partial charge is 0.296 e. The molecule has 0 fully saturated rings. The minimum atomic E-state index is 0.607. The summed E-state index contributed by atoms with van der Waals surface area (Å²) < 4.78 is 2.81. The molecule has 0 saturated carbocycles. The van der Waals surface area contributed by atoms with Crippen molar-refractivity contribution >= 4 is 33.6 Å². The third kappa shape index (κ3) is 2.39. The van der Waals surface area contributed by atoms with E-state index >= 15 is 0 Å². The molecule has 0 spiro atoms. The summed E-state index contributed by atoms with van der Waals surface area (Å²) in [4.78, 5) is 15.5. The summed E-state index contributed by atoms with van der Waals surface area (Å²) in [7, 11) is 0. The van der Waals surface area contributed by atoms with Crippen molar-refractivity contribution in [3.63, 3.8) is 0 Å². The molecule has 19 heavy (non-hydrogen) atoms. The van der Waals surface area contributed by atoms with E-state index in [9.17, 15) is 4.79 Å². The lowest BCUT2D eigenvalue weighted by atomic mass is 10.2. The molecule has 3 rings (SSSR count). The Kier molecular flexibility index (Phi) is 3.31. The van der Waals surface area contributed by atoms with Gasteiger partial charge in [-0.25, -0.2) is 4.98 Å². The van der Waals surface area contributed by atoms with Crippen molar-refractivity contribution in [2.45, 2.75) is 0 Å². The summed E-state index contributed by atoms with van der Waals surface area (Å²) in [6, 6.07) is 11.6. The van der Waals surface area contributed by atoms with Gasteiger partial charge in [-0.15, -0.1) is 11.3 Å². The van der Waals surface area contributed by atoms with Crippen LogP contribution in [0.3, 0.4) is 0 Å². The molecule has 2 heterocycles. The second-order valence-corrected chi connectivity index (χ2v) is 5.70. The van der Waals surface area contributed by atoms with Crippen LogP contribution in [0.25, 0.3) is 16.4 Å². The van der Waals surface area contributed by atoms with E-state index in [-0.39, 0.29) is 0 Å². The Morgan fingerprint density at radius 3 is 2.95 bits per heavy atom. The van der Waals surface area contributed by atoms with Crippen LogP contribution < -0.4 is 0 Å². The first-order valence-electron chi connectivity index (χ1n) is 5.62. The van der Waals surface area contributed by atoms with Crippen LogP contribution in [0.5, 0.6) is 0 Å². The standard InChI is InChI=1S/C14H9BrN2OS/c15-11-4-1-3-10(7-11)13-9-19-14(16-13)17-6-2-5-12(17)8-18/h1-9H. The molecular formula is C14H9BrN2OS. The lowest BCUT2D eigenvalue weighted by molar-refractivity contribution is 0.111. The summed E-state index contributed by atoms with van der Waals surface area (Å²) >= 11 is 4.97. The van der Waals surface area contributed by atoms with Crippen molar-refractivity contribution in [1.29, 1.82) is 0 Å². The number of thiazole rings is 1. The van der Waals surface area contributed by atoms with Crippen LogP contribution in [0.2, 0.25) is 0 Å². The molecule has 94 valence electrons. The van der Waals surface area contributed by atoms with E-state index in [0.29, 0.717) is 5.69 Å². The average molecular weight is 333 g/mol. The van der Waals surface area contributed by atoms with Gasteiger partial charge in [-0.2, -0.15) is 0 Å². The summed E-state index contributed by atoms with van der Waals surface area (Å²) in [5.74, 6) is 0. The van der Waals surface area contributed by atoms with Gasteiger partial charge in [0, 0.05) is 21.6 Å². The Hall–Kier alpha value is -1.72. The molecule has 0 N–H and O–H groups in total. The fraction of sp³-hybridized carbons (Fsp3) is 0. The number of hydrogen-bond donors (Lipinski definition) is 0. The number of aromatic nitrogens is 2. The van der Waals surface area contributed by atoms with Crippen molar-refractivity contribution in [1.82, 2.24) is 9.55 Å². The number of carbonyl (C=O) groups is 1. The van der Waals surface area contributed by atoms with Gasteiger partial charge >= 0.3 is 0 Å². The Morgan fingerprint density at radius 1 is 1.26 bits per heavy atom. The summed E-state index contributed by atoms with van der Waals surface area (Å²) in [5.41, 5.74) is 2.57. The molecule has 1 aromatic carbocycles. The van der Waals surface area contributed by atoms with Gasteiger partial charge in [-0.3, -0.25) is 9.36 Å². The molecule has 0 aliphatic carbocycles. The van der Waals surface area contributed by atoms with Crippen LogP contribution >= 0.6 is 27.3 Å². The normalized spacial score (nSPS) is 10.6. The van der Waals surface area contributed by atoms with Crippen LogP contribution in [-0.4, -0.2) is 15.8 Å². The highest BCUT2D eigenvalue weighted by atomic mass is 79.9. The number of benzene rings is 1. The number of hydrogen-bond acceptors (Lipinski definition) is 3. The molecule has 0 saturated heterocycles. The van der Waals surface area contributed by atoms with Crippen molar-refractivity contribution in [2.75, 3.05) is 0 Å². The maximum absolute atomic E-state index is 10.9. The van der Waals surface area contributed by atoms with Crippen molar-refractivity contribution in [3.8, 4) is 16.4 Å². The molecule has 0 aliphatic heterocycles. The lowest BCUT2D eigenvalue weighted by Gasteiger charge is -1.99. The predicted octanol–water partition coefficient (Wildman–Crippen LogP) is 4.18. The highest BCUT2D eigenvalue weighted by molar-refractivity contribution is 9.10. The second-order valence-electron chi connectivity index (χ2n) is 3.95. The van der Waals surface area contributed by atoms with Gasteiger partial charge in [-0.1, -0.05) is 28.1 Å². The van der Waals surface area contributed by atoms with Gasteiger partial charge in [0.15, 0.2) is 11.4 Å². The molecule has 0 radical (unpaired) electrons. The summed E-state index contributed by atoms with van der Waals surface area (Å²) in [6.45, 7) is 0. The van der Waals surface area contributed by atoms with Crippen LogP contribution in [0.1, 0.15) is 10.5 Å². The van der Waals surface area contributed by atoms with Crippen LogP contribution in [0.4, 0.5) is 0 Å². The van der Waals surface area contributed by atoms with E-state index in [1.54, 1.807) is 10.6 Å². The first-order chi connectivity index (χ1) is 9.28. The maximum atomic E-state index is 10.9. The van der Waals surface area contributed by atoms with E-state index in [2.05, 4.69) is 20.9 Å². The summed E-state index contributed by atoms with van der Waals surface area (Å²) in [5, 5.41) is 2.79. The highest BCUT2D eigenvalue weighted by Gasteiger charge is 2.08. The van der Waals surface area contributed by atoms with Gasteiger partial charge < -0.3 is 0 Å². The predicted molar refractivity (Wildman–Crippen MR) is 80.0 cm³/mol. The molecule has 3 aromatic rings. The van der Waals surface area contributed by atoms with Crippen LogP contribution in [0, 0.1) is 0 Å². The van der Waals surface area contributed by atoms with Crippen LogP contribution in [-0.2, 0) is 0 Å². The average Bonchev–Trinajstić information content (AvgIpc) is 3.07. The highest BCUT2D eigenvalue weighted by Crippen LogP contribution is 2.26.